The average Bonchev–Trinajstić information content (AvgIpc) is 3.17. The molecular weight excluding hydrogens is 321 g/mol. The van der Waals surface area contributed by atoms with Gasteiger partial charge in [0.15, 0.2) is 0 Å². The van der Waals surface area contributed by atoms with Crippen molar-refractivity contribution in [2.45, 2.75) is 25.5 Å². The van der Waals surface area contributed by atoms with Gasteiger partial charge in [0, 0.05) is 25.4 Å². The highest BCUT2D eigenvalue weighted by molar-refractivity contribution is 5.30. The predicted octanol–water partition coefficient (Wildman–Crippen LogP) is 3.05. The summed E-state index contributed by atoms with van der Waals surface area (Å²) in [6.45, 7) is 3.75. The maximum absolute atomic E-state index is 13.7. The van der Waals surface area contributed by atoms with Gasteiger partial charge in [-0.05, 0) is 43.7 Å². The smallest absolute Gasteiger partial charge is 0.136 e. The third-order valence-corrected chi connectivity index (χ3v) is 4.16. The Bertz CT molecular complexity index is 854. The number of aliphatic hydroxyl groups is 1. The molecule has 0 aliphatic rings. The summed E-state index contributed by atoms with van der Waals surface area (Å²) in [6, 6.07) is 9.69. The molecule has 0 saturated carbocycles. The van der Waals surface area contributed by atoms with Gasteiger partial charge in [-0.2, -0.15) is 5.10 Å². The molecule has 2 aromatic heterocycles. The molecule has 2 heterocycles. The molecule has 0 bridgehead atoms. The van der Waals surface area contributed by atoms with Crippen LogP contribution in [0.2, 0.25) is 0 Å². The minimum absolute atomic E-state index is 0.232. The zero-order chi connectivity index (χ0) is 18.0. The molecule has 0 aliphatic heterocycles. The minimum atomic E-state index is -1.19. The van der Waals surface area contributed by atoms with E-state index in [4.69, 9.17) is 4.42 Å². The first-order valence-corrected chi connectivity index (χ1v) is 8.12. The van der Waals surface area contributed by atoms with E-state index in [9.17, 15) is 9.50 Å². The van der Waals surface area contributed by atoms with Crippen molar-refractivity contribution < 1.29 is 13.9 Å². The van der Waals surface area contributed by atoms with Crippen molar-refractivity contribution in [1.29, 1.82) is 0 Å². The van der Waals surface area contributed by atoms with Gasteiger partial charge in [-0.1, -0.05) is 12.1 Å². The lowest BCUT2D eigenvalue weighted by Crippen LogP contribution is -2.37. The second kappa shape index (κ2) is 6.82. The van der Waals surface area contributed by atoms with Crippen LogP contribution in [0.1, 0.15) is 35.6 Å². The number of benzene rings is 1. The summed E-state index contributed by atoms with van der Waals surface area (Å²) in [6.07, 6.45) is 3.60. The van der Waals surface area contributed by atoms with E-state index in [-0.39, 0.29) is 18.4 Å². The maximum atomic E-state index is 13.7. The predicted molar refractivity (Wildman–Crippen MR) is 92.5 cm³/mol. The Morgan fingerprint density at radius 3 is 2.72 bits per heavy atom. The van der Waals surface area contributed by atoms with Crippen molar-refractivity contribution in [2.24, 2.45) is 7.05 Å². The molecule has 132 valence electrons. The molecule has 3 aromatic rings. The van der Waals surface area contributed by atoms with Crippen molar-refractivity contribution in [2.75, 3.05) is 6.54 Å². The molecule has 5 nitrogen and oxygen atoms in total. The summed E-state index contributed by atoms with van der Waals surface area (Å²) in [5, 5.41) is 18.3. The van der Waals surface area contributed by atoms with Crippen molar-refractivity contribution >= 4 is 0 Å². The second-order valence-corrected chi connectivity index (χ2v) is 6.50. The van der Waals surface area contributed by atoms with E-state index < -0.39 is 5.60 Å². The number of nitrogens with zero attached hydrogens (tertiary/aromatic N) is 2. The van der Waals surface area contributed by atoms with Gasteiger partial charge in [-0.3, -0.25) is 4.68 Å². The molecule has 1 aromatic carbocycles. The van der Waals surface area contributed by atoms with Crippen molar-refractivity contribution in [3.05, 3.63) is 77.3 Å². The van der Waals surface area contributed by atoms with E-state index in [2.05, 4.69) is 10.4 Å². The van der Waals surface area contributed by atoms with Gasteiger partial charge in [0.25, 0.3) is 0 Å². The van der Waals surface area contributed by atoms with Crippen LogP contribution in [0.5, 0.6) is 0 Å². The zero-order valence-corrected chi connectivity index (χ0v) is 14.5. The molecule has 25 heavy (non-hydrogen) atoms. The maximum Gasteiger partial charge on any atom is 0.136 e. The Labute approximate surface area is 146 Å². The monoisotopic (exact) mass is 343 g/mol. The van der Waals surface area contributed by atoms with Crippen molar-refractivity contribution in [3.8, 4) is 0 Å². The molecule has 0 aliphatic carbocycles. The first kappa shape index (κ1) is 17.4. The quantitative estimate of drug-likeness (QED) is 0.722. The van der Waals surface area contributed by atoms with Crippen LogP contribution in [0.25, 0.3) is 0 Å². The van der Waals surface area contributed by atoms with Crippen LogP contribution in [-0.4, -0.2) is 21.4 Å². The number of furan rings is 1. The molecule has 2 N–H and O–H groups in total. The Morgan fingerprint density at radius 1 is 1.32 bits per heavy atom. The number of hydrogen-bond acceptors (Lipinski definition) is 4. The molecule has 0 amide bonds. The number of aromatic nitrogens is 2. The van der Waals surface area contributed by atoms with Gasteiger partial charge >= 0.3 is 0 Å². The normalized spacial score (nSPS) is 15.1. The highest BCUT2D eigenvalue weighted by Crippen LogP contribution is 2.26. The molecule has 3 rings (SSSR count). The van der Waals surface area contributed by atoms with E-state index in [0.29, 0.717) is 5.76 Å². The SMILES string of the molecule is Cc1ccc([C@@](C)(O)CN[C@H](c2cccc(F)c2)c2cnn(C)c2)o1. The van der Waals surface area contributed by atoms with Gasteiger partial charge in [0.05, 0.1) is 12.2 Å². The van der Waals surface area contributed by atoms with E-state index in [1.807, 2.05) is 32.3 Å². The topological polar surface area (TPSA) is 63.2 Å². The standard InChI is InChI=1S/C19H22FN3O2/c1-13-7-8-17(25-13)19(2,24)12-21-18(15-10-22-23(3)11-15)14-5-4-6-16(20)9-14/h4-11,18,21,24H,12H2,1-3H3/t18-,19+/m1/s1. The number of hydrogen-bond donors (Lipinski definition) is 2. The van der Waals surface area contributed by atoms with Gasteiger partial charge in [0.2, 0.25) is 0 Å². The Balaban J connectivity index is 1.85. The van der Waals surface area contributed by atoms with Crippen LogP contribution in [0, 0.1) is 12.7 Å². The minimum Gasteiger partial charge on any atom is -0.463 e. The average molecular weight is 343 g/mol. The third-order valence-electron chi connectivity index (χ3n) is 4.16. The molecule has 6 heteroatoms. The lowest BCUT2D eigenvalue weighted by atomic mass is 9.98. The summed E-state index contributed by atoms with van der Waals surface area (Å²) < 4.78 is 20.9. The number of nitrogens with one attached hydrogen (secondary N) is 1. The summed E-state index contributed by atoms with van der Waals surface area (Å²) >= 11 is 0. The van der Waals surface area contributed by atoms with Crippen LogP contribution in [0.4, 0.5) is 4.39 Å². The van der Waals surface area contributed by atoms with E-state index in [0.717, 1.165) is 16.9 Å². The fourth-order valence-corrected chi connectivity index (χ4v) is 2.82. The molecule has 0 spiro atoms. The molecule has 2 atom stereocenters. The fourth-order valence-electron chi connectivity index (χ4n) is 2.82. The van der Waals surface area contributed by atoms with Crippen LogP contribution in [-0.2, 0) is 12.6 Å². The first-order chi connectivity index (χ1) is 11.8. The van der Waals surface area contributed by atoms with Gasteiger partial charge in [-0.25, -0.2) is 4.39 Å². The molecular formula is C19H22FN3O2. The number of halogens is 1. The van der Waals surface area contributed by atoms with Crippen molar-refractivity contribution in [3.63, 3.8) is 0 Å². The largest absolute Gasteiger partial charge is 0.463 e. The van der Waals surface area contributed by atoms with Crippen LogP contribution < -0.4 is 5.32 Å². The molecule has 0 unspecified atom stereocenters. The van der Waals surface area contributed by atoms with Crippen LogP contribution in [0.3, 0.4) is 0 Å². The zero-order valence-electron chi connectivity index (χ0n) is 14.5. The summed E-state index contributed by atoms with van der Waals surface area (Å²) in [5.41, 5.74) is 0.459. The first-order valence-electron chi connectivity index (χ1n) is 8.12. The Morgan fingerprint density at radius 2 is 2.12 bits per heavy atom. The van der Waals surface area contributed by atoms with Crippen LogP contribution in [0.15, 0.2) is 53.2 Å². The van der Waals surface area contributed by atoms with E-state index in [1.54, 1.807) is 29.9 Å². The van der Waals surface area contributed by atoms with Crippen molar-refractivity contribution in [1.82, 2.24) is 15.1 Å². The lowest BCUT2D eigenvalue weighted by Gasteiger charge is -2.26. The third kappa shape index (κ3) is 3.97. The summed E-state index contributed by atoms with van der Waals surface area (Å²) in [7, 11) is 1.83. The highest BCUT2D eigenvalue weighted by atomic mass is 19.1. The summed E-state index contributed by atoms with van der Waals surface area (Å²) in [5.74, 6) is 0.924. The highest BCUT2D eigenvalue weighted by Gasteiger charge is 2.28. The van der Waals surface area contributed by atoms with Crippen LogP contribution >= 0.6 is 0 Å². The fraction of sp³-hybridized carbons (Fsp3) is 0.316. The van der Waals surface area contributed by atoms with Gasteiger partial charge in [-0.15, -0.1) is 0 Å². The molecule has 0 radical (unpaired) electrons. The van der Waals surface area contributed by atoms with E-state index >= 15 is 0 Å². The lowest BCUT2D eigenvalue weighted by molar-refractivity contribution is 0.0318. The Hall–Kier alpha value is -2.44. The molecule has 0 fully saturated rings. The second-order valence-electron chi connectivity index (χ2n) is 6.50. The van der Waals surface area contributed by atoms with Gasteiger partial charge in [0.1, 0.15) is 22.9 Å². The Kier molecular flexibility index (Phi) is 4.74. The summed E-state index contributed by atoms with van der Waals surface area (Å²) in [4.78, 5) is 0. The number of aryl methyl sites for hydroxylation is 2. The molecule has 0 saturated heterocycles. The van der Waals surface area contributed by atoms with Gasteiger partial charge < -0.3 is 14.8 Å². The number of rotatable bonds is 6. The van der Waals surface area contributed by atoms with E-state index in [1.165, 1.54) is 12.1 Å².